The van der Waals surface area contributed by atoms with E-state index in [9.17, 15) is 9.59 Å². The first-order chi connectivity index (χ1) is 8.72. The molecule has 2 N–H and O–H groups in total. The zero-order valence-electron chi connectivity index (χ0n) is 9.93. The fourth-order valence-corrected chi connectivity index (χ4v) is 1.15. The highest BCUT2D eigenvalue weighted by Crippen LogP contribution is 1.93. The molecule has 1 rings (SSSR count). The van der Waals surface area contributed by atoms with Crippen molar-refractivity contribution in [2.24, 2.45) is 5.10 Å². The molecule has 2 amide bonds. The molecule has 0 aromatic heterocycles. The first-order valence-electron chi connectivity index (χ1n) is 5.47. The normalized spacial score (nSPS) is 10.0. The van der Waals surface area contributed by atoms with Crippen molar-refractivity contribution in [3.05, 3.63) is 48.6 Å². The number of carbonyl (C=O) groups excluding carboxylic acids is 2. The molecule has 18 heavy (non-hydrogen) atoms. The number of nitrogens with one attached hydrogen (secondary N) is 2. The predicted octanol–water partition coefficient (Wildman–Crippen LogP) is 0.829. The summed E-state index contributed by atoms with van der Waals surface area (Å²) >= 11 is 0. The molecule has 0 spiro atoms. The molecule has 5 heteroatoms. The molecular formula is C13H15N3O2. The smallest absolute Gasteiger partial charge is 0.249 e. The average Bonchev–Trinajstić information content (AvgIpc) is 2.37. The van der Waals surface area contributed by atoms with Gasteiger partial charge in [0.1, 0.15) is 6.42 Å². The van der Waals surface area contributed by atoms with Crippen LogP contribution in [0.25, 0.3) is 0 Å². The molecule has 0 saturated carbocycles. The molecule has 1 aromatic carbocycles. The topological polar surface area (TPSA) is 70.6 Å². The summed E-state index contributed by atoms with van der Waals surface area (Å²) in [6.07, 6.45) is 2.81. The van der Waals surface area contributed by atoms with Gasteiger partial charge in [0.25, 0.3) is 0 Å². The number of hydrazone groups is 1. The van der Waals surface area contributed by atoms with E-state index >= 15 is 0 Å². The van der Waals surface area contributed by atoms with E-state index in [1.54, 1.807) is 6.08 Å². The van der Waals surface area contributed by atoms with Crippen molar-refractivity contribution >= 4 is 18.0 Å². The monoisotopic (exact) mass is 245 g/mol. The van der Waals surface area contributed by atoms with Gasteiger partial charge in [-0.1, -0.05) is 36.4 Å². The maximum atomic E-state index is 11.3. The van der Waals surface area contributed by atoms with E-state index < -0.39 is 5.91 Å². The van der Waals surface area contributed by atoms with E-state index in [1.165, 1.54) is 6.21 Å². The van der Waals surface area contributed by atoms with Gasteiger partial charge < -0.3 is 5.32 Å². The van der Waals surface area contributed by atoms with Crippen LogP contribution in [0, 0.1) is 0 Å². The number of hydrogen-bond donors (Lipinski definition) is 2. The second-order valence-corrected chi connectivity index (χ2v) is 3.47. The highest BCUT2D eigenvalue weighted by Gasteiger charge is 2.06. The van der Waals surface area contributed by atoms with Crippen molar-refractivity contribution in [2.75, 3.05) is 6.54 Å². The molecule has 5 nitrogen and oxygen atoms in total. The average molecular weight is 245 g/mol. The molecule has 94 valence electrons. The molecule has 0 bridgehead atoms. The van der Waals surface area contributed by atoms with Crippen molar-refractivity contribution in [2.45, 2.75) is 6.42 Å². The summed E-state index contributed by atoms with van der Waals surface area (Å²) in [5.74, 6) is -0.814. The molecule has 0 aliphatic rings. The Morgan fingerprint density at radius 3 is 2.61 bits per heavy atom. The van der Waals surface area contributed by atoms with Gasteiger partial charge in [0, 0.05) is 6.54 Å². The summed E-state index contributed by atoms with van der Waals surface area (Å²) in [5, 5.41) is 6.25. The van der Waals surface area contributed by atoms with Crippen LogP contribution in [0.4, 0.5) is 0 Å². The number of rotatable bonds is 6. The fourth-order valence-electron chi connectivity index (χ4n) is 1.15. The summed E-state index contributed by atoms with van der Waals surface area (Å²) in [5.41, 5.74) is 3.15. The van der Waals surface area contributed by atoms with Gasteiger partial charge >= 0.3 is 0 Å². The number of amides is 2. The van der Waals surface area contributed by atoms with E-state index in [4.69, 9.17) is 0 Å². The minimum absolute atomic E-state index is 0.250. The lowest BCUT2D eigenvalue weighted by molar-refractivity contribution is -0.129. The maximum absolute atomic E-state index is 11.3. The van der Waals surface area contributed by atoms with Crippen LogP contribution in [-0.4, -0.2) is 24.6 Å². The summed E-state index contributed by atoms with van der Waals surface area (Å²) in [4.78, 5) is 22.5. The van der Waals surface area contributed by atoms with Crippen LogP contribution >= 0.6 is 0 Å². The molecule has 0 unspecified atom stereocenters. The van der Waals surface area contributed by atoms with Crippen LogP contribution in [0.2, 0.25) is 0 Å². The Labute approximate surface area is 106 Å². The molecule has 0 radical (unpaired) electrons. The first-order valence-corrected chi connectivity index (χ1v) is 5.47. The zero-order valence-corrected chi connectivity index (χ0v) is 9.93. The minimum Gasteiger partial charge on any atom is -0.352 e. The third kappa shape index (κ3) is 5.60. The number of nitrogens with zero attached hydrogens (tertiary/aromatic N) is 1. The van der Waals surface area contributed by atoms with Crippen molar-refractivity contribution in [1.29, 1.82) is 0 Å². The van der Waals surface area contributed by atoms with Crippen LogP contribution in [-0.2, 0) is 9.59 Å². The summed E-state index contributed by atoms with van der Waals surface area (Å²) in [7, 11) is 0. The predicted molar refractivity (Wildman–Crippen MR) is 70.0 cm³/mol. The third-order valence-corrected chi connectivity index (χ3v) is 1.97. The second-order valence-electron chi connectivity index (χ2n) is 3.47. The number of hydrogen-bond acceptors (Lipinski definition) is 3. The van der Waals surface area contributed by atoms with E-state index in [2.05, 4.69) is 22.4 Å². The third-order valence-electron chi connectivity index (χ3n) is 1.97. The van der Waals surface area contributed by atoms with Crippen LogP contribution in [0.1, 0.15) is 12.0 Å². The lowest BCUT2D eigenvalue weighted by Gasteiger charge is -2.00. The van der Waals surface area contributed by atoms with Gasteiger partial charge in [-0.15, -0.1) is 6.58 Å². The Kier molecular flexibility index (Phi) is 5.89. The molecule has 0 saturated heterocycles. The Balaban J connectivity index is 2.31. The zero-order chi connectivity index (χ0) is 13.2. The Morgan fingerprint density at radius 1 is 1.22 bits per heavy atom. The number of carbonyl (C=O) groups is 2. The highest BCUT2D eigenvalue weighted by atomic mass is 16.2. The SMILES string of the molecule is C=CCNC(=O)CC(=O)N/N=C/c1ccccc1. The maximum Gasteiger partial charge on any atom is 0.249 e. The van der Waals surface area contributed by atoms with Crippen molar-refractivity contribution < 1.29 is 9.59 Å². The fraction of sp³-hybridized carbons (Fsp3) is 0.154. The summed E-state index contributed by atoms with van der Waals surface area (Å²) in [6, 6.07) is 9.33. The van der Waals surface area contributed by atoms with E-state index in [0.29, 0.717) is 6.54 Å². The molecule has 0 atom stereocenters. The van der Waals surface area contributed by atoms with Gasteiger partial charge in [-0.05, 0) is 5.56 Å². The molecule has 0 fully saturated rings. The van der Waals surface area contributed by atoms with Crippen molar-refractivity contribution in [3.63, 3.8) is 0 Å². The van der Waals surface area contributed by atoms with Gasteiger partial charge in [0.05, 0.1) is 6.21 Å². The van der Waals surface area contributed by atoms with E-state index in [0.717, 1.165) is 5.56 Å². The lowest BCUT2D eigenvalue weighted by atomic mass is 10.2. The van der Waals surface area contributed by atoms with Gasteiger partial charge in [-0.2, -0.15) is 5.10 Å². The van der Waals surface area contributed by atoms with Crippen molar-refractivity contribution in [3.8, 4) is 0 Å². The minimum atomic E-state index is -0.455. The quantitative estimate of drug-likeness (QED) is 0.337. The van der Waals surface area contributed by atoms with Crippen LogP contribution < -0.4 is 10.7 Å². The van der Waals surface area contributed by atoms with Crippen LogP contribution in [0.5, 0.6) is 0 Å². The highest BCUT2D eigenvalue weighted by molar-refractivity contribution is 5.97. The Morgan fingerprint density at radius 2 is 1.94 bits per heavy atom. The lowest BCUT2D eigenvalue weighted by Crippen LogP contribution is -2.29. The molecule has 0 aliphatic carbocycles. The molecule has 1 aromatic rings. The van der Waals surface area contributed by atoms with Gasteiger partial charge in [0.15, 0.2) is 0 Å². The Bertz CT molecular complexity index is 441. The Hall–Kier alpha value is -2.43. The molecule has 0 aliphatic heterocycles. The van der Waals surface area contributed by atoms with E-state index in [-0.39, 0.29) is 12.3 Å². The largest absolute Gasteiger partial charge is 0.352 e. The molecular weight excluding hydrogens is 230 g/mol. The van der Waals surface area contributed by atoms with Gasteiger partial charge in [-0.3, -0.25) is 9.59 Å². The van der Waals surface area contributed by atoms with Crippen molar-refractivity contribution in [1.82, 2.24) is 10.7 Å². The van der Waals surface area contributed by atoms with Crippen LogP contribution in [0.15, 0.2) is 48.1 Å². The summed E-state index contributed by atoms with van der Waals surface area (Å²) in [6.45, 7) is 3.80. The molecule has 0 heterocycles. The number of benzene rings is 1. The van der Waals surface area contributed by atoms with Gasteiger partial charge in [-0.25, -0.2) is 5.43 Å². The summed E-state index contributed by atoms with van der Waals surface area (Å²) < 4.78 is 0. The first kappa shape index (κ1) is 13.6. The van der Waals surface area contributed by atoms with Gasteiger partial charge in [0.2, 0.25) is 11.8 Å². The standard InChI is InChI=1S/C13H15N3O2/c1-2-8-14-12(17)9-13(18)16-15-10-11-6-4-3-5-7-11/h2-7,10H,1,8-9H2,(H,14,17)(H,16,18)/b15-10+. The second kappa shape index (κ2) is 7.78. The van der Waals surface area contributed by atoms with Crippen LogP contribution in [0.3, 0.4) is 0 Å². The van der Waals surface area contributed by atoms with E-state index in [1.807, 2.05) is 30.3 Å².